The second kappa shape index (κ2) is 5.36. The molecule has 19 heavy (non-hydrogen) atoms. The van der Waals surface area contributed by atoms with Crippen LogP contribution in [0.25, 0.3) is 0 Å². The number of carbonyl (C=O) groups excluding carboxylic acids is 1. The number of thiazole rings is 1. The predicted octanol–water partition coefficient (Wildman–Crippen LogP) is 2.66. The number of hydrogen-bond acceptors (Lipinski definition) is 4. The Morgan fingerprint density at radius 2 is 2.26 bits per heavy atom. The molecule has 0 spiro atoms. The predicted molar refractivity (Wildman–Crippen MR) is 73.5 cm³/mol. The van der Waals surface area contributed by atoms with Crippen molar-refractivity contribution in [1.29, 1.82) is 0 Å². The molecule has 2 rings (SSSR count). The Bertz CT molecular complexity index is 612. The highest BCUT2D eigenvalue weighted by atomic mass is 32.1. The number of nitrogen functional groups attached to an aromatic ring is 1. The van der Waals surface area contributed by atoms with Crippen LogP contribution in [-0.4, -0.2) is 10.9 Å². The molecule has 1 aromatic heterocycles. The van der Waals surface area contributed by atoms with Gasteiger partial charge in [0, 0.05) is 16.8 Å². The van der Waals surface area contributed by atoms with Gasteiger partial charge in [-0.3, -0.25) is 4.79 Å². The fraction of sp³-hybridized carbons (Fsp3) is 0.231. The number of halogens is 1. The summed E-state index contributed by atoms with van der Waals surface area (Å²) in [7, 11) is 0. The van der Waals surface area contributed by atoms with Gasteiger partial charge in [-0.1, -0.05) is 0 Å². The Hall–Kier alpha value is -1.95. The van der Waals surface area contributed by atoms with Crippen molar-refractivity contribution < 1.29 is 9.18 Å². The largest absolute Gasteiger partial charge is 0.399 e. The van der Waals surface area contributed by atoms with Crippen molar-refractivity contribution in [3.05, 3.63) is 45.7 Å². The van der Waals surface area contributed by atoms with Crippen LogP contribution in [0.1, 0.15) is 34.0 Å². The Labute approximate surface area is 114 Å². The van der Waals surface area contributed by atoms with Gasteiger partial charge in [0.05, 0.1) is 11.6 Å². The molecule has 1 unspecified atom stereocenters. The average molecular weight is 279 g/mol. The number of hydrogen-bond donors (Lipinski definition) is 2. The van der Waals surface area contributed by atoms with E-state index < -0.39 is 11.7 Å². The standard InChI is InChI=1S/C13H14FN3OS/c1-7-6-19-13(16-7)8(2)17-12(18)10-4-3-9(15)5-11(10)14/h3-6,8H,15H2,1-2H3,(H,17,18). The van der Waals surface area contributed by atoms with Crippen molar-refractivity contribution in [2.45, 2.75) is 19.9 Å². The van der Waals surface area contributed by atoms with Gasteiger partial charge in [-0.15, -0.1) is 11.3 Å². The maximum atomic E-state index is 13.6. The summed E-state index contributed by atoms with van der Waals surface area (Å²) in [4.78, 5) is 16.2. The number of aryl methyl sites for hydroxylation is 1. The molecule has 0 aliphatic rings. The Kier molecular flexibility index (Phi) is 3.80. The van der Waals surface area contributed by atoms with E-state index in [1.807, 2.05) is 19.2 Å². The lowest BCUT2D eigenvalue weighted by molar-refractivity contribution is 0.0936. The molecule has 0 bridgehead atoms. The molecule has 0 aliphatic carbocycles. The smallest absolute Gasteiger partial charge is 0.254 e. The Morgan fingerprint density at radius 3 is 2.84 bits per heavy atom. The SMILES string of the molecule is Cc1csc(C(C)NC(=O)c2ccc(N)cc2F)n1. The van der Waals surface area contributed by atoms with Gasteiger partial charge in [-0.2, -0.15) is 0 Å². The molecular formula is C13H14FN3OS. The monoisotopic (exact) mass is 279 g/mol. The highest BCUT2D eigenvalue weighted by Crippen LogP contribution is 2.19. The molecule has 0 aliphatic heterocycles. The van der Waals surface area contributed by atoms with Crippen molar-refractivity contribution in [1.82, 2.24) is 10.3 Å². The first kappa shape index (κ1) is 13.5. The summed E-state index contributed by atoms with van der Waals surface area (Å²) in [5, 5.41) is 5.41. The van der Waals surface area contributed by atoms with E-state index in [2.05, 4.69) is 10.3 Å². The number of nitrogens with zero attached hydrogens (tertiary/aromatic N) is 1. The molecule has 0 saturated carbocycles. The zero-order chi connectivity index (χ0) is 14.0. The van der Waals surface area contributed by atoms with E-state index in [1.165, 1.54) is 23.5 Å². The second-order valence-electron chi connectivity index (χ2n) is 4.26. The van der Waals surface area contributed by atoms with E-state index in [0.29, 0.717) is 0 Å². The van der Waals surface area contributed by atoms with Gasteiger partial charge in [-0.05, 0) is 32.0 Å². The van der Waals surface area contributed by atoms with E-state index in [0.717, 1.165) is 16.8 Å². The minimum atomic E-state index is -0.625. The van der Waals surface area contributed by atoms with E-state index in [-0.39, 0.29) is 17.3 Å². The van der Waals surface area contributed by atoms with Crippen molar-refractivity contribution in [2.75, 3.05) is 5.73 Å². The molecule has 1 aromatic carbocycles. The minimum Gasteiger partial charge on any atom is -0.399 e. The van der Waals surface area contributed by atoms with E-state index >= 15 is 0 Å². The summed E-state index contributed by atoms with van der Waals surface area (Å²) in [6.45, 7) is 3.69. The maximum Gasteiger partial charge on any atom is 0.254 e. The lowest BCUT2D eigenvalue weighted by Crippen LogP contribution is -2.27. The highest BCUT2D eigenvalue weighted by Gasteiger charge is 2.16. The number of rotatable bonds is 3. The van der Waals surface area contributed by atoms with Crippen molar-refractivity contribution in [3.63, 3.8) is 0 Å². The molecule has 2 aromatic rings. The number of carbonyl (C=O) groups is 1. The first-order valence-corrected chi connectivity index (χ1v) is 6.63. The summed E-state index contributed by atoms with van der Waals surface area (Å²) in [5.41, 5.74) is 6.62. The number of amides is 1. The molecule has 1 heterocycles. The van der Waals surface area contributed by atoms with Crippen LogP contribution in [0.4, 0.5) is 10.1 Å². The zero-order valence-corrected chi connectivity index (χ0v) is 11.4. The first-order valence-electron chi connectivity index (χ1n) is 5.75. The number of aromatic nitrogens is 1. The Morgan fingerprint density at radius 1 is 1.53 bits per heavy atom. The first-order chi connectivity index (χ1) is 8.97. The zero-order valence-electron chi connectivity index (χ0n) is 10.6. The van der Waals surface area contributed by atoms with E-state index in [9.17, 15) is 9.18 Å². The summed E-state index contributed by atoms with van der Waals surface area (Å²) < 4.78 is 13.6. The van der Waals surface area contributed by atoms with Gasteiger partial charge in [0.25, 0.3) is 5.91 Å². The molecule has 1 amide bonds. The summed E-state index contributed by atoms with van der Waals surface area (Å²) in [6, 6.07) is 3.74. The van der Waals surface area contributed by atoms with E-state index in [1.54, 1.807) is 0 Å². The van der Waals surface area contributed by atoms with Gasteiger partial charge in [0.2, 0.25) is 0 Å². The molecule has 3 N–H and O–H groups in total. The maximum absolute atomic E-state index is 13.6. The molecule has 4 nitrogen and oxygen atoms in total. The van der Waals surface area contributed by atoms with Crippen LogP contribution in [0.3, 0.4) is 0 Å². The number of nitrogens with two attached hydrogens (primary N) is 1. The molecule has 1 atom stereocenters. The minimum absolute atomic E-state index is 0.0191. The van der Waals surface area contributed by atoms with Crippen LogP contribution in [0.15, 0.2) is 23.6 Å². The van der Waals surface area contributed by atoms with Gasteiger partial charge >= 0.3 is 0 Å². The number of benzene rings is 1. The van der Waals surface area contributed by atoms with Gasteiger partial charge in [0.1, 0.15) is 10.8 Å². The fourth-order valence-corrected chi connectivity index (χ4v) is 2.43. The quantitative estimate of drug-likeness (QED) is 0.849. The molecule has 0 fully saturated rings. The number of anilines is 1. The van der Waals surface area contributed by atoms with Crippen molar-refractivity contribution in [2.24, 2.45) is 0 Å². The van der Waals surface area contributed by atoms with Crippen LogP contribution in [-0.2, 0) is 0 Å². The third-order valence-corrected chi connectivity index (χ3v) is 3.74. The van der Waals surface area contributed by atoms with Crippen LogP contribution in [0.2, 0.25) is 0 Å². The summed E-state index contributed by atoms with van der Waals surface area (Å²) >= 11 is 1.46. The Balaban J connectivity index is 2.12. The van der Waals surface area contributed by atoms with Gasteiger partial charge < -0.3 is 11.1 Å². The third kappa shape index (κ3) is 3.08. The van der Waals surface area contributed by atoms with Crippen LogP contribution < -0.4 is 11.1 Å². The highest BCUT2D eigenvalue weighted by molar-refractivity contribution is 7.09. The van der Waals surface area contributed by atoms with Crippen LogP contribution in [0, 0.1) is 12.7 Å². The summed E-state index contributed by atoms with van der Waals surface area (Å²) in [5.74, 6) is -1.10. The molecule has 100 valence electrons. The molecule has 6 heteroatoms. The normalized spacial score (nSPS) is 12.2. The second-order valence-corrected chi connectivity index (χ2v) is 5.15. The van der Waals surface area contributed by atoms with E-state index in [4.69, 9.17) is 5.73 Å². The van der Waals surface area contributed by atoms with Gasteiger partial charge in [0.15, 0.2) is 0 Å². The van der Waals surface area contributed by atoms with Crippen molar-refractivity contribution >= 4 is 22.9 Å². The van der Waals surface area contributed by atoms with Crippen LogP contribution >= 0.6 is 11.3 Å². The molecule has 0 radical (unpaired) electrons. The molecular weight excluding hydrogens is 265 g/mol. The molecule has 0 saturated heterocycles. The fourth-order valence-electron chi connectivity index (χ4n) is 1.62. The van der Waals surface area contributed by atoms with Gasteiger partial charge in [-0.25, -0.2) is 9.37 Å². The summed E-state index contributed by atoms with van der Waals surface area (Å²) in [6.07, 6.45) is 0. The average Bonchev–Trinajstić information content (AvgIpc) is 2.75. The van der Waals surface area contributed by atoms with Crippen LogP contribution in [0.5, 0.6) is 0 Å². The lowest BCUT2D eigenvalue weighted by Gasteiger charge is -2.11. The number of nitrogens with one attached hydrogen (secondary N) is 1. The lowest BCUT2D eigenvalue weighted by atomic mass is 10.1. The topological polar surface area (TPSA) is 68.0 Å². The van der Waals surface area contributed by atoms with Crippen molar-refractivity contribution in [3.8, 4) is 0 Å². The third-order valence-electron chi connectivity index (χ3n) is 2.59.